The van der Waals surface area contributed by atoms with Gasteiger partial charge >= 0.3 is 0 Å². The van der Waals surface area contributed by atoms with Crippen molar-refractivity contribution in [3.05, 3.63) is 0 Å². The summed E-state index contributed by atoms with van der Waals surface area (Å²) >= 11 is 0. The minimum atomic E-state index is -0.535. The van der Waals surface area contributed by atoms with Gasteiger partial charge in [0.05, 0.1) is 6.61 Å². The number of aliphatic hydroxyl groups is 1. The Morgan fingerprint density at radius 2 is 2.42 bits per heavy atom. The summed E-state index contributed by atoms with van der Waals surface area (Å²) in [5.74, 6) is 0. The van der Waals surface area contributed by atoms with E-state index < -0.39 is 18.0 Å². The minimum absolute atomic E-state index is 0.296. The van der Waals surface area contributed by atoms with Crippen LogP contribution in [0.2, 0.25) is 0 Å². The summed E-state index contributed by atoms with van der Waals surface area (Å²) in [6.45, 7) is 2.46. The van der Waals surface area contributed by atoms with Gasteiger partial charge in [0.25, 0.3) is 0 Å². The van der Waals surface area contributed by atoms with Gasteiger partial charge in [-0.2, -0.15) is 0 Å². The van der Waals surface area contributed by atoms with Gasteiger partial charge in [0.2, 0.25) is 0 Å². The molecule has 4 atom stereocenters. The van der Waals surface area contributed by atoms with E-state index in [4.69, 9.17) is 14.2 Å². The van der Waals surface area contributed by atoms with Crippen molar-refractivity contribution in [2.75, 3.05) is 13.7 Å². The monoisotopic (exact) mass is 174 g/mol. The number of ether oxygens (including phenoxy) is 3. The Kier molecular flexibility index (Phi) is 1.88. The number of hydrogen-bond donors (Lipinski definition) is 1. The Morgan fingerprint density at radius 1 is 1.67 bits per heavy atom. The molecule has 2 aliphatic heterocycles. The Hall–Kier alpha value is -0.160. The van der Waals surface area contributed by atoms with E-state index in [-0.39, 0.29) is 6.10 Å². The highest BCUT2D eigenvalue weighted by Crippen LogP contribution is 2.41. The van der Waals surface area contributed by atoms with Crippen molar-refractivity contribution in [1.82, 2.24) is 0 Å². The summed E-state index contributed by atoms with van der Waals surface area (Å²) < 4.78 is 16.0. The Balaban J connectivity index is 2.18. The van der Waals surface area contributed by atoms with E-state index in [1.807, 2.05) is 6.92 Å². The van der Waals surface area contributed by atoms with Crippen molar-refractivity contribution in [3.8, 4) is 0 Å². The van der Waals surface area contributed by atoms with Crippen LogP contribution in [0.15, 0.2) is 0 Å². The minimum Gasteiger partial charge on any atom is -0.387 e. The molecule has 0 radical (unpaired) electrons. The molecule has 0 aliphatic carbocycles. The lowest BCUT2D eigenvalue weighted by molar-refractivity contribution is -0.235. The number of rotatable bonds is 2. The zero-order valence-corrected chi connectivity index (χ0v) is 7.32. The molecule has 2 fully saturated rings. The Bertz CT molecular complexity index is 184. The van der Waals surface area contributed by atoms with Crippen LogP contribution in [0.1, 0.15) is 13.3 Å². The zero-order chi connectivity index (χ0) is 8.77. The third-order valence-corrected chi connectivity index (χ3v) is 2.82. The largest absolute Gasteiger partial charge is 0.387 e. The number of fused-ring (bicyclic) bond motifs is 2. The van der Waals surface area contributed by atoms with Gasteiger partial charge in [-0.25, -0.2) is 0 Å². The van der Waals surface area contributed by atoms with Gasteiger partial charge in [0, 0.05) is 7.11 Å². The second kappa shape index (κ2) is 2.67. The summed E-state index contributed by atoms with van der Waals surface area (Å²) in [4.78, 5) is 0. The van der Waals surface area contributed by atoms with E-state index in [0.29, 0.717) is 6.61 Å². The van der Waals surface area contributed by atoms with Gasteiger partial charge in [0.15, 0.2) is 6.29 Å². The maximum absolute atomic E-state index is 9.75. The summed E-state index contributed by atoms with van der Waals surface area (Å²) in [7, 11) is 1.56. The first-order valence-corrected chi connectivity index (χ1v) is 4.24. The van der Waals surface area contributed by atoms with Crippen molar-refractivity contribution in [1.29, 1.82) is 0 Å². The first kappa shape index (κ1) is 8.44. The van der Waals surface area contributed by atoms with Crippen molar-refractivity contribution >= 4 is 0 Å². The Labute approximate surface area is 71.4 Å². The molecule has 4 heteroatoms. The molecular weight excluding hydrogens is 160 g/mol. The predicted octanol–water partition coefficient (Wildman–Crippen LogP) is -0.102. The standard InChI is InChI=1S/C8H14O4/c1-3-8-4-11-5(6(8)9)7(10-2)12-8/h5-7,9H,3-4H2,1-2H3/t5-,6+,7-,8+/m1/s1. The number of hydrogen-bond acceptors (Lipinski definition) is 4. The van der Waals surface area contributed by atoms with Crippen LogP contribution in [0.4, 0.5) is 0 Å². The van der Waals surface area contributed by atoms with Crippen LogP contribution in [-0.4, -0.2) is 42.9 Å². The first-order valence-electron chi connectivity index (χ1n) is 4.24. The van der Waals surface area contributed by atoms with Crippen molar-refractivity contribution < 1.29 is 19.3 Å². The molecule has 0 aromatic rings. The molecule has 4 nitrogen and oxygen atoms in total. The Morgan fingerprint density at radius 3 is 2.83 bits per heavy atom. The van der Waals surface area contributed by atoms with Crippen molar-refractivity contribution in [2.45, 2.75) is 37.4 Å². The smallest absolute Gasteiger partial charge is 0.186 e. The van der Waals surface area contributed by atoms with Crippen LogP contribution < -0.4 is 0 Å². The molecule has 2 aliphatic rings. The van der Waals surface area contributed by atoms with Gasteiger partial charge in [-0.1, -0.05) is 6.92 Å². The summed E-state index contributed by atoms with van der Waals surface area (Å²) in [6.07, 6.45) is -0.471. The lowest BCUT2D eigenvalue weighted by Gasteiger charge is -2.28. The average molecular weight is 174 g/mol. The SMILES string of the molecule is CC[C@@]12CO[C@@H]([C@H](OC)O1)[C@@H]2O. The lowest BCUT2D eigenvalue weighted by atomic mass is 9.97. The van der Waals surface area contributed by atoms with Gasteiger partial charge < -0.3 is 19.3 Å². The highest BCUT2D eigenvalue weighted by molar-refractivity contribution is 5.04. The van der Waals surface area contributed by atoms with Crippen molar-refractivity contribution in [3.63, 3.8) is 0 Å². The molecular formula is C8H14O4. The fraction of sp³-hybridized carbons (Fsp3) is 1.00. The van der Waals surface area contributed by atoms with Gasteiger partial charge in [-0.3, -0.25) is 0 Å². The van der Waals surface area contributed by atoms with E-state index in [1.54, 1.807) is 7.11 Å². The van der Waals surface area contributed by atoms with Crippen LogP contribution in [0.5, 0.6) is 0 Å². The first-order chi connectivity index (χ1) is 5.73. The van der Waals surface area contributed by atoms with Crippen molar-refractivity contribution in [2.24, 2.45) is 0 Å². The number of methoxy groups -OCH3 is 1. The normalized spacial score (nSPS) is 51.8. The van der Waals surface area contributed by atoms with Gasteiger partial charge in [-0.15, -0.1) is 0 Å². The third-order valence-electron chi connectivity index (χ3n) is 2.82. The summed E-state index contributed by atoms with van der Waals surface area (Å²) in [5.41, 5.74) is -0.509. The fourth-order valence-corrected chi connectivity index (χ4v) is 1.92. The molecule has 0 amide bonds. The van der Waals surface area contributed by atoms with E-state index in [9.17, 15) is 5.11 Å². The molecule has 0 aromatic heterocycles. The molecule has 0 saturated carbocycles. The molecule has 0 aromatic carbocycles. The van der Waals surface area contributed by atoms with Gasteiger partial charge in [0.1, 0.15) is 17.8 Å². The predicted molar refractivity (Wildman–Crippen MR) is 40.7 cm³/mol. The average Bonchev–Trinajstić information content (AvgIpc) is 2.58. The van der Waals surface area contributed by atoms with Gasteiger partial charge in [-0.05, 0) is 6.42 Å². The molecule has 2 saturated heterocycles. The highest BCUT2D eigenvalue weighted by atomic mass is 16.7. The molecule has 2 heterocycles. The lowest BCUT2D eigenvalue weighted by Crippen LogP contribution is -2.40. The van der Waals surface area contributed by atoms with Crippen LogP contribution in [0.3, 0.4) is 0 Å². The van der Waals surface area contributed by atoms with E-state index in [1.165, 1.54) is 0 Å². The van der Waals surface area contributed by atoms with E-state index >= 15 is 0 Å². The quantitative estimate of drug-likeness (QED) is 0.635. The topological polar surface area (TPSA) is 47.9 Å². The second-order valence-electron chi connectivity index (χ2n) is 3.36. The molecule has 0 spiro atoms. The highest BCUT2D eigenvalue weighted by Gasteiger charge is 2.60. The third kappa shape index (κ3) is 0.864. The fourth-order valence-electron chi connectivity index (χ4n) is 1.92. The molecule has 12 heavy (non-hydrogen) atoms. The molecule has 2 rings (SSSR count). The molecule has 70 valence electrons. The van der Waals surface area contributed by atoms with Crippen LogP contribution in [-0.2, 0) is 14.2 Å². The second-order valence-corrected chi connectivity index (χ2v) is 3.36. The van der Waals surface area contributed by atoms with E-state index in [0.717, 1.165) is 6.42 Å². The molecule has 1 N–H and O–H groups in total. The number of aliphatic hydroxyl groups excluding tert-OH is 1. The molecule has 0 unspecified atom stereocenters. The van der Waals surface area contributed by atoms with E-state index in [2.05, 4.69) is 0 Å². The summed E-state index contributed by atoms with van der Waals surface area (Å²) in [5, 5.41) is 9.75. The van der Waals surface area contributed by atoms with Crippen LogP contribution >= 0.6 is 0 Å². The summed E-state index contributed by atoms with van der Waals surface area (Å²) in [6, 6.07) is 0. The maximum Gasteiger partial charge on any atom is 0.186 e. The molecule has 2 bridgehead atoms. The van der Waals surface area contributed by atoms with Crippen LogP contribution in [0, 0.1) is 0 Å². The maximum atomic E-state index is 9.75. The van der Waals surface area contributed by atoms with Crippen LogP contribution in [0.25, 0.3) is 0 Å². The zero-order valence-electron chi connectivity index (χ0n) is 7.32.